The molecule has 5 rings (SSSR count). The average Bonchev–Trinajstić information content (AvgIpc) is 2.91. The maximum atomic E-state index is 13.8. The van der Waals surface area contributed by atoms with E-state index < -0.39 is 0 Å². The van der Waals surface area contributed by atoms with Crippen LogP contribution in [-0.2, 0) is 19.7 Å². The van der Waals surface area contributed by atoms with Crippen molar-refractivity contribution in [2.75, 3.05) is 11.7 Å². The molecule has 0 unspecified atom stereocenters. The van der Waals surface area contributed by atoms with Crippen LogP contribution in [0.3, 0.4) is 0 Å². The van der Waals surface area contributed by atoms with Crippen LogP contribution in [0.25, 0.3) is 0 Å². The summed E-state index contributed by atoms with van der Waals surface area (Å²) in [5.41, 5.74) is 2.51. The summed E-state index contributed by atoms with van der Waals surface area (Å²) in [7, 11) is 0. The van der Waals surface area contributed by atoms with E-state index >= 15 is 0 Å². The zero-order chi connectivity index (χ0) is 20.8. The predicted octanol–water partition coefficient (Wildman–Crippen LogP) is 3.24. The molecule has 2 aromatic carbocycles. The Hall–Kier alpha value is -2.88. The molecule has 0 saturated heterocycles. The Morgan fingerprint density at radius 2 is 1.83 bits per heavy atom. The summed E-state index contributed by atoms with van der Waals surface area (Å²) in [4.78, 5) is 27.8. The normalized spacial score (nSPS) is 14.8. The fraction of sp³-hybridized carbons (Fsp3) is 0.182. The van der Waals surface area contributed by atoms with Gasteiger partial charge in [-0.2, -0.15) is 0 Å². The van der Waals surface area contributed by atoms with Gasteiger partial charge >= 0.3 is 0 Å². The van der Waals surface area contributed by atoms with Gasteiger partial charge in [-0.1, -0.05) is 36.4 Å². The highest BCUT2D eigenvalue weighted by molar-refractivity contribution is 14.1. The third kappa shape index (κ3) is 3.24. The highest BCUT2D eigenvalue weighted by atomic mass is 127. The number of ether oxygens (including phenoxy) is 1. The number of carbonyl (C=O) groups is 1. The summed E-state index contributed by atoms with van der Waals surface area (Å²) in [6, 6.07) is 14.1. The molecule has 1 aromatic heterocycles. The van der Waals surface area contributed by atoms with Gasteiger partial charge in [0.15, 0.2) is 11.4 Å². The van der Waals surface area contributed by atoms with Crippen molar-refractivity contribution in [3.05, 3.63) is 96.7 Å². The zero-order valence-corrected chi connectivity index (χ0v) is 18.0. The summed E-state index contributed by atoms with van der Waals surface area (Å²) < 4.78 is 21.9. The average molecular weight is 517 g/mol. The number of hydrogen-bond acceptors (Lipinski definition) is 4. The van der Waals surface area contributed by atoms with Crippen LogP contribution in [0.4, 0.5) is 4.39 Å². The van der Waals surface area contributed by atoms with Gasteiger partial charge in [0.2, 0.25) is 5.43 Å². The summed E-state index contributed by atoms with van der Waals surface area (Å²) in [5, 5.41) is 1.96. The molecule has 1 amide bonds. The Labute approximate surface area is 185 Å². The van der Waals surface area contributed by atoms with E-state index in [1.54, 1.807) is 21.8 Å². The van der Waals surface area contributed by atoms with E-state index in [2.05, 4.69) is 0 Å². The first kappa shape index (κ1) is 19.1. The van der Waals surface area contributed by atoms with Crippen molar-refractivity contribution >= 4 is 28.5 Å². The number of amides is 1. The minimum absolute atomic E-state index is 0.0441. The van der Waals surface area contributed by atoms with Crippen molar-refractivity contribution in [2.45, 2.75) is 19.7 Å². The fourth-order valence-corrected chi connectivity index (χ4v) is 4.37. The molecule has 0 N–H and O–H groups in total. The number of carbonyl (C=O) groups excluding carboxylic acids is 1. The molecule has 0 fully saturated rings. The SMILES string of the molecule is O=C1c2c(OCc3ccccc3)c(=O)c(I)cn2N2Cc3ccc(F)cc3CN1C2. The minimum atomic E-state index is -0.331. The summed E-state index contributed by atoms with van der Waals surface area (Å²) in [5.74, 6) is -0.593. The predicted molar refractivity (Wildman–Crippen MR) is 117 cm³/mol. The van der Waals surface area contributed by atoms with Crippen LogP contribution < -0.4 is 15.2 Å². The number of halogens is 2. The molecule has 2 aliphatic rings. The molecule has 0 radical (unpaired) electrons. The van der Waals surface area contributed by atoms with Crippen LogP contribution in [0, 0.1) is 9.39 Å². The highest BCUT2D eigenvalue weighted by Crippen LogP contribution is 2.29. The molecule has 8 heteroatoms. The van der Waals surface area contributed by atoms with Crippen molar-refractivity contribution in [3.8, 4) is 5.75 Å². The smallest absolute Gasteiger partial charge is 0.278 e. The minimum Gasteiger partial charge on any atom is -0.482 e. The van der Waals surface area contributed by atoms with Crippen molar-refractivity contribution < 1.29 is 13.9 Å². The molecule has 0 spiro atoms. The lowest BCUT2D eigenvalue weighted by molar-refractivity contribution is 0.0676. The van der Waals surface area contributed by atoms with E-state index in [1.807, 2.05) is 57.9 Å². The van der Waals surface area contributed by atoms with E-state index in [4.69, 9.17) is 4.74 Å². The number of nitrogens with zero attached hydrogens (tertiary/aromatic N) is 3. The van der Waals surface area contributed by atoms with Gasteiger partial charge in [0.25, 0.3) is 5.91 Å². The Morgan fingerprint density at radius 1 is 1.03 bits per heavy atom. The van der Waals surface area contributed by atoms with Gasteiger partial charge in [-0.05, 0) is 51.4 Å². The second-order valence-electron chi connectivity index (χ2n) is 7.32. The number of rotatable bonds is 3. The quantitative estimate of drug-likeness (QED) is 0.501. The van der Waals surface area contributed by atoms with E-state index in [1.165, 1.54) is 12.1 Å². The van der Waals surface area contributed by atoms with Crippen LogP contribution in [0.1, 0.15) is 27.2 Å². The molecule has 0 aliphatic carbocycles. The second-order valence-corrected chi connectivity index (χ2v) is 8.49. The lowest BCUT2D eigenvalue weighted by Gasteiger charge is -2.38. The molecule has 0 atom stereocenters. The monoisotopic (exact) mass is 517 g/mol. The van der Waals surface area contributed by atoms with E-state index in [9.17, 15) is 14.0 Å². The molecular weight excluding hydrogens is 500 g/mol. The van der Waals surface area contributed by atoms with Gasteiger partial charge in [-0.25, -0.2) is 4.39 Å². The van der Waals surface area contributed by atoms with Crippen molar-refractivity contribution in [3.63, 3.8) is 0 Å². The number of hydrogen-bond donors (Lipinski definition) is 0. The van der Waals surface area contributed by atoms with Crippen LogP contribution in [0.5, 0.6) is 5.75 Å². The molecule has 2 aliphatic heterocycles. The van der Waals surface area contributed by atoms with Crippen LogP contribution >= 0.6 is 22.6 Å². The van der Waals surface area contributed by atoms with Crippen molar-refractivity contribution in [2.24, 2.45) is 0 Å². The third-order valence-electron chi connectivity index (χ3n) is 5.34. The molecule has 30 heavy (non-hydrogen) atoms. The standard InChI is InChI=1S/C22H17FIN3O3/c23-17-7-6-15-10-26-13-25(9-16(15)8-17)22(29)19-21(20(28)18(24)11-27(19)26)30-12-14-4-2-1-3-5-14/h1-8,11H,9-10,12-13H2. The highest BCUT2D eigenvalue weighted by Gasteiger charge is 2.36. The third-order valence-corrected chi connectivity index (χ3v) is 6.11. The topological polar surface area (TPSA) is 54.8 Å². The first-order valence-electron chi connectivity index (χ1n) is 9.45. The van der Waals surface area contributed by atoms with Gasteiger partial charge in [0, 0.05) is 12.7 Å². The molecule has 6 nitrogen and oxygen atoms in total. The van der Waals surface area contributed by atoms with E-state index in [0.29, 0.717) is 16.8 Å². The van der Waals surface area contributed by atoms with Crippen LogP contribution in [-0.4, -0.2) is 22.2 Å². The first-order valence-corrected chi connectivity index (χ1v) is 10.5. The molecular formula is C22H17FIN3O3. The maximum absolute atomic E-state index is 13.8. The maximum Gasteiger partial charge on any atom is 0.278 e. The molecule has 3 heterocycles. The number of pyridine rings is 1. The largest absolute Gasteiger partial charge is 0.482 e. The van der Waals surface area contributed by atoms with E-state index in [0.717, 1.165) is 16.7 Å². The van der Waals surface area contributed by atoms with Crippen molar-refractivity contribution in [1.29, 1.82) is 0 Å². The first-order chi connectivity index (χ1) is 14.5. The van der Waals surface area contributed by atoms with Gasteiger partial charge < -0.3 is 9.64 Å². The van der Waals surface area contributed by atoms with Crippen LogP contribution in [0.2, 0.25) is 0 Å². The van der Waals surface area contributed by atoms with Gasteiger partial charge in [0.1, 0.15) is 19.1 Å². The summed E-state index contributed by atoms with van der Waals surface area (Å²) in [6.45, 7) is 1.30. The van der Waals surface area contributed by atoms with Gasteiger partial charge in [-0.3, -0.25) is 19.3 Å². The number of benzene rings is 2. The van der Waals surface area contributed by atoms with Crippen molar-refractivity contribution in [1.82, 2.24) is 9.58 Å². The second kappa shape index (κ2) is 7.42. The van der Waals surface area contributed by atoms with Gasteiger partial charge in [-0.15, -0.1) is 0 Å². The Bertz CT molecular complexity index is 1210. The van der Waals surface area contributed by atoms with Gasteiger partial charge in [0.05, 0.1) is 10.1 Å². The number of fused-ring (bicyclic) bond motifs is 5. The molecule has 152 valence electrons. The summed E-state index contributed by atoms with van der Waals surface area (Å²) >= 11 is 1.97. The molecule has 0 saturated carbocycles. The Balaban J connectivity index is 1.59. The Kier molecular flexibility index (Phi) is 4.73. The summed E-state index contributed by atoms with van der Waals surface area (Å²) in [6.07, 6.45) is 1.66. The molecule has 2 bridgehead atoms. The molecule has 3 aromatic rings. The van der Waals surface area contributed by atoms with E-state index in [-0.39, 0.29) is 41.7 Å². The fourth-order valence-electron chi connectivity index (χ4n) is 3.86. The Morgan fingerprint density at radius 3 is 2.63 bits per heavy atom. The lowest BCUT2D eigenvalue weighted by atomic mass is 10.1. The number of aromatic nitrogens is 1. The lowest BCUT2D eigenvalue weighted by Crippen LogP contribution is -2.52. The zero-order valence-electron chi connectivity index (χ0n) is 15.8. The van der Waals surface area contributed by atoms with Crippen LogP contribution in [0.15, 0.2) is 59.5 Å².